The molecule has 1 unspecified atom stereocenters. The number of aryl methyl sites for hydroxylation is 1. The van der Waals surface area contributed by atoms with Crippen LogP contribution in [0.5, 0.6) is 11.5 Å². The number of amides is 1. The van der Waals surface area contributed by atoms with Gasteiger partial charge in [-0.15, -0.1) is 0 Å². The van der Waals surface area contributed by atoms with Crippen LogP contribution < -0.4 is 15.4 Å². The average molecular weight is 515 g/mol. The Morgan fingerprint density at radius 3 is 2.74 bits per heavy atom. The molecule has 5 rings (SSSR count). The molecule has 11 nitrogen and oxygen atoms in total. The summed E-state index contributed by atoms with van der Waals surface area (Å²) >= 11 is 0. The molecular formula is C27H30N8O3. The topological polar surface area (TPSA) is 132 Å². The number of fused-ring (bicyclic) bond motifs is 1. The maximum Gasteiger partial charge on any atom is 0.222 e. The van der Waals surface area contributed by atoms with E-state index in [1.54, 1.807) is 18.2 Å². The van der Waals surface area contributed by atoms with Gasteiger partial charge in [-0.3, -0.25) is 9.48 Å². The zero-order chi connectivity index (χ0) is 27.0. The molecule has 1 aromatic carbocycles. The van der Waals surface area contributed by atoms with Crippen LogP contribution in [0.4, 0.5) is 17.6 Å². The first-order valence-electron chi connectivity index (χ1n) is 12.4. The summed E-state index contributed by atoms with van der Waals surface area (Å²) in [5.41, 5.74) is 2.62. The summed E-state index contributed by atoms with van der Waals surface area (Å²) in [6.45, 7) is 9.28. The van der Waals surface area contributed by atoms with E-state index < -0.39 is 0 Å². The summed E-state index contributed by atoms with van der Waals surface area (Å²) < 4.78 is 15.5. The van der Waals surface area contributed by atoms with Crippen LogP contribution in [-0.2, 0) is 22.0 Å². The van der Waals surface area contributed by atoms with Crippen LogP contribution in [0.1, 0.15) is 51.4 Å². The minimum atomic E-state index is -0.236. The number of nitrogens with one attached hydrogen (secondary N) is 2. The molecule has 3 aromatic heterocycles. The monoisotopic (exact) mass is 514 g/mol. The van der Waals surface area contributed by atoms with Gasteiger partial charge in [-0.1, -0.05) is 20.8 Å². The van der Waals surface area contributed by atoms with Gasteiger partial charge in [0.15, 0.2) is 5.82 Å². The van der Waals surface area contributed by atoms with Crippen LogP contribution in [0.25, 0.3) is 11.0 Å². The molecule has 196 valence electrons. The fourth-order valence-electron chi connectivity index (χ4n) is 4.57. The number of hydrogen-bond acceptors (Lipinski definition) is 8. The predicted octanol–water partition coefficient (Wildman–Crippen LogP) is 4.79. The van der Waals surface area contributed by atoms with Crippen molar-refractivity contribution in [3.63, 3.8) is 0 Å². The minimum absolute atomic E-state index is 0.102. The fraction of sp³-hybridized carbons (Fsp3) is 0.370. The van der Waals surface area contributed by atoms with Crippen molar-refractivity contribution < 1.29 is 14.3 Å². The van der Waals surface area contributed by atoms with Gasteiger partial charge >= 0.3 is 0 Å². The molecule has 0 bridgehead atoms. The van der Waals surface area contributed by atoms with E-state index in [-0.39, 0.29) is 17.4 Å². The second-order valence-electron chi connectivity index (χ2n) is 10.3. The molecule has 0 saturated carbocycles. The van der Waals surface area contributed by atoms with E-state index in [1.807, 2.05) is 23.7 Å². The van der Waals surface area contributed by atoms with Crippen molar-refractivity contribution in [1.29, 1.82) is 5.26 Å². The highest BCUT2D eigenvalue weighted by Gasteiger charge is 2.28. The fourth-order valence-corrected chi connectivity index (χ4v) is 4.57. The Balaban J connectivity index is 1.48. The van der Waals surface area contributed by atoms with E-state index in [0.29, 0.717) is 52.3 Å². The quantitative estimate of drug-likeness (QED) is 0.375. The Morgan fingerprint density at radius 1 is 1.24 bits per heavy atom. The van der Waals surface area contributed by atoms with Crippen LogP contribution in [0.2, 0.25) is 0 Å². The molecule has 0 spiro atoms. The lowest BCUT2D eigenvalue weighted by molar-refractivity contribution is -0.114. The van der Waals surface area contributed by atoms with Crippen molar-refractivity contribution in [3.05, 3.63) is 47.8 Å². The summed E-state index contributed by atoms with van der Waals surface area (Å²) in [6.07, 6.45) is 2.45. The minimum Gasteiger partial charge on any atom is -0.456 e. The number of anilines is 3. The lowest BCUT2D eigenvalue weighted by Crippen LogP contribution is -2.22. The van der Waals surface area contributed by atoms with Gasteiger partial charge in [0.05, 0.1) is 23.7 Å². The molecule has 1 atom stereocenters. The third kappa shape index (κ3) is 4.90. The van der Waals surface area contributed by atoms with Crippen LogP contribution in [-0.4, -0.2) is 43.4 Å². The average Bonchev–Trinajstić information content (AvgIpc) is 3.59. The highest BCUT2D eigenvalue weighted by molar-refractivity contribution is 5.88. The number of pyridine rings is 1. The number of ether oxygens (including phenoxy) is 2. The second-order valence-corrected chi connectivity index (χ2v) is 10.3. The largest absolute Gasteiger partial charge is 0.456 e. The van der Waals surface area contributed by atoms with Crippen molar-refractivity contribution in [3.8, 4) is 17.6 Å². The lowest BCUT2D eigenvalue weighted by Gasteiger charge is -2.22. The standard InChI is InChI=1S/C27H30N8O3/c1-16(36)30-23-12-18(8-10-29-23)38-21-7-6-20-25(19(21)14-28)34(5)26(31-20)32-24-13-22(27(2,3)4)35(33-24)17-9-11-37-15-17/h6-8,10,12-13,17H,9,11,15H2,1-5H3,(H,29,30,36)(H,31,32,33). The highest BCUT2D eigenvalue weighted by atomic mass is 16.5. The summed E-state index contributed by atoms with van der Waals surface area (Å²) in [5, 5.41) is 20.9. The molecule has 0 radical (unpaired) electrons. The molecule has 0 aliphatic carbocycles. The number of hydrogen-bond donors (Lipinski definition) is 2. The Morgan fingerprint density at radius 2 is 2.05 bits per heavy atom. The van der Waals surface area contributed by atoms with E-state index in [1.165, 1.54) is 13.1 Å². The molecule has 1 fully saturated rings. The normalized spacial score (nSPS) is 15.4. The number of imidazole rings is 1. The molecular weight excluding hydrogens is 484 g/mol. The number of carbonyl (C=O) groups is 1. The predicted molar refractivity (Wildman–Crippen MR) is 143 cm³/mol. The van der Waals surface area contributed by atoms with E-state index in [9.17, 15) is 10.1 Å². The Hall–Kier alpha value is -4.43. The number of aromatic nitrogens is 5. The zero-order valence-corrected chi connectivity index (χ0v) is 22.1. The van der Waals surface area contributed by atoms with Crippen molar-refractivity contribution in [2.24, 2.45) is 7.05 Å². The molecule has 4 heterocycles. The smallest absolute Gasteiger partial charge is 0.222 e. The summed E-state index contributed by atoms with van der Waals surface area (Å²) in [6, 6.07) is 11.3. The summed E-state index contributed by atoms with van der Waals surface area (Å²) in [7, 11) is 1.84. The molecule has 1 saturated heterocycles. The van der Waals surface area contributed by atoms with E-state index >= 15 is 0 Å². The van der Waals surface area contributed by atoms with E-state index in [4.69, 9.17) is 19.6 Å². The first-order chi connectivity index (χ1) is 18.1. The number of benzene rings is 1. The number of nitrogens with zero attached hydrogens (tertiary/aromatic N) is 6. The van der Waals surface area contributed by atoms with Gasteiger partial charge in [-0.2, -0.15) is 10.4 Å². The molecule has 11 heteroatoms. The molecule has 1 amide bonds. The Labute approximate surface area is 220 Å². The van der Waals surface area contributed by atoms with Crippen LogP contribution in [0.3, 0.4) is 0 Å². The van der Waals surface area contributed by atoms with Crippen molar-refractivity contribution >= 4 is 34.5 Å². The third-order valence-corrected chi connectivity index (χ3v) is 6.37. The number of rotatable bonds is 6. The van der Waals surface area contributed by atoms with Crippen LogP contribution in [0.15, 0.2) is 36.5 Å². The van der Waals surface area contributed by atoms with Crippen LogP contribution in [0, 0.1) is 11.3 Å². The van der Waals surface area contributed by atoms with E-state index in [0.717, 1.165) is 18.7 Å². The zero-order valence-electron chi connectivity index (χ0n) is 22.1. The van der Waals surface area contributed by atoms with Crippen molar-refractivity contribution in [2.45, 2.75) is 45.6 Å². The van der Waals surface area contributed by atoms with Gasteiger partial charge in [-0.25, -0.2) is 9.97 Å². The van der Waals surface area contributed by atoms with Gasteiger partial charge in [0.2, 0.25) is 11.9 Å². The molecule has 2 N–H and O–H groups in total. The Bertz CT molecular complexity index is 1550. The third-order valence-electron chi connectivity index (χ3n) is 6.37. The van der Waals surface area contributed by atoms with Gasteiger partial charge in [0.25, 0.3) is 0 Å². The SMILES string of the molecule is CC(=O)Nc1cc(Oc2ccc3nc(Nc4cc(C(C)(C)C)n(C5CCOC5)n4)n(C)c3c2C#N)ccn1. The molecule has 1 aliphatic rings. The lowest BCUT2D eigenvalue weighted by atomic mass is 9.91. The van der Waals surface area contributed by atoms with Gasteiger partial charge in [0, 0.05) is 50.0 Å². The first kappa shape index (κ1) is 25.2. The Kier molecular flexibility index (Phi) is 6.50. The first-order valence-corrected chi connectivity index (χ1v) is 12.4. The van der Waals surface area contributed by atoms with Crippen molar-refractivity contribution in [2.75, 3.05) is 23.8 Å². The maximum absolute atomic E-state index is 11.4. The van der Waals surface area contributed by atoms with E-state index in [2.05, 4.69) is 47.1 Å². The second kappa shape index (κ2) is 9.79. The molecule has 38 heavy (non-hydrogen) atoms. The number of carbonyl (C=O) groups excluding carboxylic acids is 1. The highest BCUT2D eigenvalue weighted by Crippen LogP contribution is 2.35. The maximum atomic E-state index is 11.4. The van der Waals surface area contributed by atoms with Gasteiger partial charge in [-0.05, 0) is 24.6 Å². The van der Waals surface area contributed by atoms with Gasteiger partial charge < -0.3 is 24.7 Å². The molecule has 1 aliphatic heterocycles. The van der Waals surface area contributed by atoms with Crippen LogP contribution >= 0.6 is 0 Å². The number of nitriles is 1. The van der Waals surface area contributed by atoms with Crippen molar-refractivity contribution in [1.82, 2.24) is 24.3 Å². The summed E-state index contributed by atoms with van der Waals surface area (Å²) in [5.74, 6) is 2.17. The molecule has 4 aromatic rings. The summed E-state index contributed by atoms with van der Waals surface area (Å²) in [4.78, 5) is 20.2. The van der Waals surface area contributed by atoms with Gasteiger partial charge in [0.1, 0.15) is 28.9 Å².